The zero-order valence-electron chi connectivity index (χ0n) is 13.1. The van der Waals surface area contributed by atoms with Crippen LogP contribution in [-0.4, -0.2) is 58.8 Å². The Bertz CT molecular complexity index is 400. The molecular formula is C15H25NO5. The molecule has 1 unspecified atom stereocenters. The van der Waals surface area contributed by atoms with Gasteiger partial charge in [0.2, 0.25) is 5.75 Å². The maximum Gasteiger partial charge on any atom is 0.203 e. The Morgan fingerprint density at radius 2 is 1.76 bits per heavy atom. The molecule has 0 amide bonds. The number of nitrogens with one attached hydrogen (secondary N) is 1. The molecule has 0 saturated heterocycles. The highest BCUT2D eigenvalue weighted by Gasteiger charge is 2.14. The molecule has 0 radical (unpaired) electrons. The Labute approximate surface area is 126 Å². The quantitative estimate of drug-likeness (QED) is 0.628. The lowest BCUT2D eigenvalue weighted by Crippen LogP contribution is -2.33. The Kier molecular flexibility index (Phi) is 7.89. The molecule has 120 valence electrons. The molecule has 0 aliphatic rings. The second-order valence-electron chi connectivity index (χ2n) is 4.66. The average molecular weight is 299 g/mol. The summed E-state index contributed by atoms with van der Waals surface area (Å²) in [6, 6.07) is 3.72. The minimum absolute atomic E-state index is 0.149. The van der Waals surface area contributed by atoms with Crippen molar-refractivity contribution in [3.63, 3.8) is 0 Å². The Morgan fingerprint density at radius 1 is 1.14 bits per heavy atom. The number of aliphatic hydroxyl groups excluding tert-OH is 1. The number of rotatable bonds is 10. The van der Waals surface area contributed by atoms with E-state index in [0.29, 0.717) is 36.9 Å². The van der Waals surface area contributed by atoms with Gasteiger partial charge in [-0.1, -0.05) is 0 Å². The molecule has 1 atom stereocenters. The lowest BCUT2D eigenvalue weighted by molar-refractivity contribution is 0.1000. The molecular weight excluding hydrogens is 274 g/mol. The van der Waals surface area contributed by atoms with Crippen LogP contribution in [0.25, 0.3) is 0 Å². The van der Waals surface area contributed by atoms with Gasteiger partial charge in [-0.15, -0.1) is 0 Å². The normalized spacial score (nSPS) is 12.0. The summed E-state index contributed by atoms with van der Waals surface area (Å²) < 4.78 is 21.2. The van der Waals surface area contributed by atoms with Crippen LogP contribution in [-0.2, 0) is 4.74 Å². The minimum atomic E-state index is -0.627. The smallest absolute Gasteiger partial charge is 0.203 e. The van der Waals surface area contributed by atoms with E-state index in [-0.39, 0.29) is 6.61 Å². The van der Waals surface area contributed by atoms with Crippen LogP contribution in [0.1, 0.15) is 5.56 Å². The first kappa shape index (κ1) is 17.6. The molecule has 0 spiro atoms. The molecule has 0 aromatic heterocycles. The van der Waals surface area contributed by atoms with Gasteiger partial charge in [-0.2, -0.15) is 0 Å². The van der Waals surface area contributed by atoms with Crippen LogP contribution in [0.3, 0.4) is 0 Å². The predicted molar refractivity (Wildman–Crippen MR) is 80.5 cm³/mol. The fourth-order valence-corrected chi connectivity index (χ4v) is 1.83. The van der Waals surface area contributed by atoms with Crippen LogP contribution in [0.2, 0.25) is 0 Å². The van der Waals surface area contributed by atoms with Crippen molar-refractivity contribution >= 4 is 0 Å². The van der Waals surface area contributed by atoms with Gasteiger partial charge in [-0.05, 0) is 24.6 Å². The van der Waals surface area contributed by atoms with Gasteiger partial charge in [0, 0.05) is 20.2 Å². The largest absolute Gasteiger partial charge is 0.493 e. The summed E-state index contributed by atoms with van der Waals surface area (Å²) in [5.41, 5.74) is 1.01. The van der Waals surface area contributed by atoms with Gasteiger partial charge in [0.15, 0.2) is 11.5 Å². The highest BCUT2D eigenvalue weighted by atomic mass is 16.5. The SMILES string of the molecule is COCCNCC(O)COc1c(OC)cc(C)cc1OC. The number of aliphatic hydroxyl groups is 1. The van der Waals surface area contributed by atoms with E-state index in [2.05, 4.69) is 5.32 Å². The van der Waals surface area contributed by atoms with Crippen LogP contribution < -0.4 is 19.5 Å². The van der Waals surface area contributed by atoms with Crippen molar-refractivity contribution in [3.8, 4) is 17.2 Å². The molecule has 1 rings (SSSR count). The molecule has 0 heterocycles. The van der Waals surface area contributed by atoms with Gasteiger partial charge in [-0.3, -0.25) is 0 Å². The zero-order valence-corrected chi connectivity index (χ0v) is 13.1. The number of aryl methyl sites for hydroxylation is 1. The third kappa shape index (κ3) is 5.79. The highest BCUT2D eigenvalue weighted by molar-refractivity contribution is 5.53. The maximum absolute atomic E-state index is 9.88. The van der Waals surface area contributed by atoms with Crippen molar-refractivity contribution in [2.45, 2.75) is 13.0 Å². The monoisotopic (exact) mass is 299 g/mol. The van der Waals surface area contributed by atoms with Crippen molar-refractivity contribution in [2.24, 2.45) is 0 Å². The number of hydrogen-bond donors (Lipinski definition) is 2. The summed E-state index contributed by atoms with van der Waals surface area (Å²) >= 11 is 0. The molecule has 6 heteroatoms. The Hall–Kier alpha value is -1.50. The van der Waals surface area contributed by atoms with Crippen molar-refractivity contribution in [1.82, 2.24) is 5.32 Å². The predicted octanol–water partition coefficient (Wildman–Crippen LogP) is 0.988. The maximum atomic E-state index is 9.88. The van der Waals surface area contributed by atoms with Crippen LogP contribution in [0.4, 0.5) is 0 Å². The first-order valence-electron chi connectivity index (χ1n) is 6.85. The van der Waals surface area contributed by atoms with Crippen molar-refractivity contribution in [2.75, 3.05) is 47.6 Å². The van der Waals surface area contributed by atoms with Gasteiger partial charge in [0.1, 0.15) is 12.7 Å². The van der Waals surface area contributed by atoms with Gasteiger partial charge in [0.05, 0.1) is 20.8 Å². The second-order valence-corrected chi connectivity index (χ2v) is 4.66. The van der Waals surface area contributed by atoms with Gasteiger partial charge in [0.25, 0.3) is 0 Å². The number of ether oxygens (including phenoxy) is 4. The van der Waals surface area contributed by atoms with Crippen molar-refractivity contribution in [3.05, 3.63) is 17.7 Å². The highest BCUT2D eigenvalue weighted by Crippen LogP contribution is 2.38. The first-order valence-corrected chi connectivity index (χ1v) is 6.85. The first-order chi connectivity index (χ1) is 10.1. The summed E-state index contributed by atoms with van der Waals surface area (Å²) in [7, 11) is 4.78. The third-order valence-corrected chi connectivity index (χ3v) is 2.89. The van der Waals surface area contributed by atoms with Crippen LogP contribution in [0.5, 0.6) is 17.2 Å². The average Bonchev–Trinajstić information content (AvgIpc) is 2.49. The van der Waals surface area contributed by atoms with E-state index in [1.807, 2.05) is 19.1 Å². The molecule has 6 nitrogen and oxygen atoms in total. The molecule has 0 fully saturated rings. The number of benzene rings is 1. The molecule has 2 N–H and O–H groups in total. The lowest BCUT2D eigenvalue weighted by atomic mass is 10.2. The second kappa shape index (κ2) is 9.44. The summed E-state index contributed by atoms with van der Waals surface area (Å²) in [4.78, 5) is 0. The van der Waals surface area contributed by atoms with Gasteiger partial charge >= 0.3 is 0 Å². The molecule has 0 aliphatic carbocycles. The zero-order chi connectivity index (χ0) is 15.7. The van der Waals surface area contributed by atoms with E-state index < -0.39 is 6.10 Å². The molecule has 0 saturated carbocycles. The molecule has 1 aromatic carbocycles. The number of methoxy groups -OCH3 is 3. The van der Waals surface area contributed by atoms with Gasteiger partial charge in [-0.25, -0.2) is 0 Å². The Balaban J connectivity index is 2.57. The molecule has 1 aromatic rings. The molecule has 0 aliphatic heterocycles. The van der Waals surface area contributed by atoms with Crippen molar-refractivity contribution < 1.29 is 24.1 Å². The van der Waals surface area contributed by atoms with E-state index in [0.717, 1.165) is 5.56 Å². The summed E-state index contributed by atoms with van der Waals surface area (Å²) in [5, 5.41) is 13.0. The topological polar surface area (TPSA) is 69.2 Å². The molecule has 21 heavy (non-hydrogen) atoms. The summed E-state index contributed by atoms with van der Waals surface area (Å²) in [6.45, 7) is 3.82. The third-order valence-electron chi connectivity index (χ3n) is 2.89. The van der Waals surface area contributed by atoms with Gasteiger partial charge < -0.3 is 29.4 Å². The van der Waals surface area contributed by atoms with E-state index in [1.54, 1.807) is 21.3 Å². The minimum Gasteiger partial charge on any atom is -0.493 e. The van der Waals surface area contributed by atoms with E-state index >= 15 is 0 Å². The molecule has 0 bridgehead atoms. The van der Waals surface area contributed by atoms with Crippen LogP contribution in [0.15, 0.2) is 12.1 Å². The Morgan fingerprint density at radius 3 is 2.29 bits per heavy atom. The van der Waals surface area contributed by atoms with E-state index in [1.165, 1.54) is 0 Å². The number of hydrogen-bond acceptors (Lipinski definition) is 6. The standard InChI is InChI=1S/C15H25NO5/c1-11-7-13(19-3)15(14(8-11)20-4)21-10-12(17)9-16-5-6-18-2/h7-8,12,16-17H,5-6,9-10H2,1-4H3. The van der Waals surface area contributed by atoms with Crippen LogP contribution >= 0.6 is 0 Å². The van der Waals surface area contributed by atoms with E-state index in [9.17, 15) is 5.11 Å². The van der Waals surface area contributed by atoms with Crippen LogP contribution in [0, 0.1) is 6.92 Å². The fraction of sp³-hybridized carbons (Fsp3) is 0.600. The summed E-state index contributed by atoms with van der Waals surface area (Å²) in [5.74, 6) is 1.68. The fourth-order valence-electron chi connectivity index (χ4n) is 1.83. The lowest BCUT2D eigenvalue weighted by Gasteiger charge is -2.17. The van der Waals surface area contributed by atoms with E-state index in [4.69, 9.17) is 18.9 Å². The summed E-state index contributed by atoms with van der Waals surface area (Å²) in [6.07, 6.45) is -0.627. The van der Waals surface area contributed by atoms with Crippen molar-refractivity contribution in [1.29, 1.82) is 0 Å².